The maximum Gasteiger partial charge on any atom is 0.306 e. The Kier molecular flexibility index (Phi) is 67.1. The van der Waals surface area contributed by atoms with Crippen LogP contribution in [0.5, 0.6) is 0 Å². The second-order valence-electron chi connectivity index (χ2n) is 24.5. The highest BCUT2D eigenvalue weighted by Gasteiger charge is 2.19. The Hall–Kier alpha value is -2.37. The number of esters is 3. The maximum atomic E-state index is 12.9. The molecule has 6 nitrogen and oxygen atoms in total. The number of carbonyl (C=O) groups excluding carboxylic acids is 3. The lowest BCUT2D eigenvalue weighted by atomic mass is 10.0. The summed E-state index contributed by atoms with van der Waals surface area (Å²) < 4.78 is 17.0. The second-order valence-corrected chi connectivity index (χ2v) is 24.5. The van der Waals surface area contributed by atoms with Crippen molar-refractivity contribution in [1.82, 2.24) is 0 Å². The zero-order chi connectivity index (χ0) is 57.8. The number of hydrogen-bond donors (Lipinski definition) is 0. The summed E-state index contributed by atoms with van der Waals surface area (Å²) in [6.45, 7) is 6.67. The molecule has 0 aromatic carbocycles. The summed E-state index contributed by atoms with van der Waals surface area (Å²) in [5.41, 5.74) is 0. The van der Waals surface area contributed by atoms with E-state index >= 15 is 0 Å². The highest BCUT2D eigenvalue weighted by Crippen LogP contribution is 2.19. The minimum absolute atomic E-state index is 0.0740. The van der Waals surface area contributed by atoms with E-state index in [-0.39, 0.29) is 31.1 Å². The minimum Gasteiger partial charge on any atom is -0.462 e. The van der Waals surface area contributed by atoms with E-state index in [1.807, 2.05) is 0 Å². The van der Waals surface area contributed by atoms with Crippen LogP contribution in [0, 0.1) is 0 Å². The summed E-state index contributed by atoms with van der Waals surface area (Å²) >= 11 is 0. The van der Waals surface area contributed by atoms with E-state index in [0.717, 1.165) is 77.0 Å². The van der Waals surface area contributed by atoms with Gasteiger partial charge in [-0.2, -0.15) is 0 Å². The van der Waals surface area contributed by atoms with Crippen LogP contribution in [-0.2, 0) is 28.6 Å². The minimum atomic E-state index is -0.779. The quantitative estimate of drug-likeness (QED) is 0.0261. The van der Waals surface area contributed by atoms with E-state index in [2.05, 4.69) is 57.2 Å². The number of ether oxygens (including phenoxy) is 3. The van der Waals surface area contributed by atoms with Gasteiger partial charge in [0.25, 0.3) is 0 Å². The van der Waals surface area contributed by atoms with Gasteiger partial charge in [-0.3, -0.25) is 14.4 Å². The van der Waals surface area contributed by atoms with Gasteiger partial charge in [-0.25, -0.2) is 0 Å². The van der Waals surface area contributed by atoms with Crippen molar-refractivity contribution in [2.75, 3.05) is 13.2 Å². The fourth-order valence-electron chi connectivity index (χ4n) is 10.9. The molecule has 0 heterocycles. The number of unbranched alkanes of at least 4 members (excludes halogenated alkanes) is 50. The van der Waals surface area contributed by atoms with E-state index < -0.39 is 6.10 Å². The predicted molar refractivity (Wildman–Crippen MR) is 349 cm³/mol. The number of allylic oxidation sites excluding steroid dienone is 6. The maximum absolute atomic E-state index is 12.9. The smallest absolute Gasteiger partial charge is 0.306 e. The van der Waals surface area contributed by atoms with E-state index in [9.17, 15) is 14.4 Å². The average molecular weight is 1120 g/mol. The molecule has 0 aliphatic carbocycles. The topological polar surface area (TPSA) is 78.9 Å². The molecule has 80 heavy (non-hydrogen) atoms. The summed E-state index contributed by atoms with van der Waals surface area (Å²) in [6, 6.07) is 0. The summed E-state index contributed by atoms with van der Waals surface area (Å²) in [5, 5.41) is 0. The lowest BCUT2D eigenvalue weighted by Gasteiger charge is -2.18. The zero-order valence-electron chi connectivity index (χ0n) is 54.1. The third-order valence-corrected chi connectivity index (χ3v) is 16.4. The Bertz CT molecular complexity index is 1340. The van der Waals surface area contributed by atoms with E-state index in [1.165, 1.54) is 283 Å². The molecule has 0 rings (SSSR count). The predicted octanol–water partition coefficient (Wildman–Crippen LogP) is 24.7. The first-order chi connectivity index (χ1) is 39.5. The normalized spacial score (nSPS) is 12.2. The van der Waals surface area contributed by atoms with Gasteiger partial charge in [0.2, 0.25) is 0 Å². The van der Waals surface area contributed by atoms with Gasteiger partial charge in [0.05, 0.1) is 0 Å². The molecule has 0 N–H and O–H groups in total. The molecule has 0 saturated heterocycles. The molecule has 1 unspecified atom stereocenters. The van der Waals surface area contributed by atoms with Crippen LogP contribution in [0.1, 0.15) is 400 Å². The lowest BCUT2D eigenvalue weighted by Crippen LogP contribution is -2.30. The molecule has 0 aliphatic heterocycles. The van der Waals surface area contributed by atoms with Crippen LogP contribution in [0.3, 0.4) is 0 Å². The van der Waals surface area contributed by atoms with E-state index in [0.29, 0.717) is 19.3 Å². The fourth-order valence-corrected chi connectivity index (χ4v) is 10.9. The molecular weight excluding hydrogens is 985 g/mol. The van der Waals surface area contributed by atoms with Gasteiger partial charge in [0, 0.05) is 19.3 Å². The molecule has 0 aromatic rings. The van der Waals surface area contributed by atoms with Crippen molar-refractivity contribution in [3.63, 3.8) is 0 Å². The zero-order valence-corrected chi connectivity index (χ0v) is 54.1. The summed E-state index contributed by atoms with van der Waals surface area (Å²) in [4.78, 5) is 38.4. The van der Waals surface area contributed by atoms with Crippen molar-refractivity contribution in [2.24, 2.45) is 0 Å². The van der Waals surface area contributed by atoms with Crippen LogP contribution >= 0.6 is 0 Å². The summed E-state index contributed by atoms with van der Waals surface area (Å²) in [7, 11) is 0. The van der Waals surface area contributed by atoms with Crippen molar-refractivity contribution in [1.29, 1.82) is 0 Å². The van der Waals surface area contributed by atoms with Gasteiger partial charge >= 0.3 is 17.9 Å². The number of carbonyl (C=O) groups is 3. The van der Waals surface area contributed by atoms with Crippen molar-refractivity contribution < 1.29 is 28.6 Å². The summed E-state index contributed by atoms with van der Waals surface area (Å²) in [5.74, 6) is -0.865. The molecule has 0 spiro atoms. The molecular formula is C74H138O6. The van der Waals surface area contributed by atoms with Gasteiger partial charge in [0.1, 0.15) is 13.2 Å². The van der Waals surface area contributed by atoms with Gasteiger partial charge in [0.15, 0.2) is 6.10 Å². The van der Waals surface area contributed by atoms with Gasteiger partial charge in [-0.05, 0) is 77.0 Å². The molecule has 0 aliphatic rings. The van der Waals surface area contributed by atoms with Crippen molar-refractivity contribution in [3.05, 3.63) is 36.5 Å². The van der Waals surface area contributed by atoms with Gasteiger partial charge in [-0.1, -0.05) is 340 Å². The third kappa shape index (κ3) is 66.4. The number of rotatable bonds is 67. The molecule has 0 amide bonds. The first kappa shape index (κ1) is 77.6. The van der Waals surface area contributed by atoms with Crippen LogP contribution in [0.2, 0.25) is 0 Å². The largest absolute Gasteiger partial charge is 0.462 e. The van der Waals surface area contributed by atoms with E-state index in [1.54, 1.807) is 0 Å². The van der Waals surface area contributed by atoms with Crippen LogP contribution in [0.25, 0.3) is 0 Å². The van der Waals surface area contributed by atoms with Crippen LogP contribution in [0.4, 0.5) is 0 Å². The molecule has 0 fully saturated rings. The Labute approximate surface area is 499 Å². The molecule has 470 valence electrons. The Morgan fingerprint density at radius 3 is 0.725 bits per heavy atom. The highest BCUT2D eigenvalue weighted by molar-refractivity contribution is 5.71. The Morgan fingerprint density at radius 2 is 0.450 bits per heavy atom. The standard InChI is InChI=1S/C74H138O6/c1-4-7-10-13-16-19-22-25-28-30-32-33-34-35-36-37-38-39-40-41-42-44-46-49-52-55-58-61-64-67-73(76)79-70-71(69-78-72(75)66-63-60-57-54-51-48-45-27-24-21-18-15-12-9-6-3)80-74(77)68-65-62-59-56-53-50-47-43-31-29-26-23-20-17-14-11-8-5-2/h18,21,27,29,31,45,71H,4-17,19-20,22-26,28,30,32-44,46-70H2,1-3H3/b21-18-,31-29-,45-27-. The average Bonchev–Trinajstić information content (AvgIpc) is 3.46. The lowest BCUT2D eigenvalue weighted by molar-refractivity contribution is -0.167. The molecule has 6 heteroatoms. The molecule has 0 bridgehead atoms. The third-order valence-electron chi connectivity index (χ3n) is 16.4. The SMILES string of the molecule is CCCCC/C=C\C/C=C\CCCCCCCC(=O)OCC(COC(=O)CCCCCCCCCCCCCCCCCCCCCCCCCCCCCCC)OC(=O)CCCCCCCCC/C=C\CCCCCCCCC. The van der Waals surface area contributed by atoms with Gasteiger partial charge < -0.3 is 14.2 Å². The molecule has 0 saturated carbocycles. The van der Waals surface area contributed by atoms with Crippen LogP contribution < -0.4 is 0 Å². The monoisotopic (exact) mass is 1120 g/mol. The first-order valence-electron chi connectivity index (χ1n) is 36.0. The van der Waals surface area contributed by atoms with E-state index in [4.69, 9.17) is 14.2 Å². The van der Waals surface area contributed by atoms with Crippen LogP contribution in [-0.4, -0.2) is 37.2 Å². The Morgan fingerprint density at radius 1 is 0.250 bits per heavy atom. The Balaban J connectivity index is 4.20. The highest BCUT2D eigenvalue weighted by atomic mass is 16.6. The molecule has 0 aromatic heterocycles. The van der Waals surface area contributed by atoms with Crippen molar-refractivity contribution in [2.45, 2.75) is 406 Å². The first-order valence-corrected chi connectivity index (χ1v) is 36.0. The fraction of sp³-hybridized carbons (Fsp3) is 0.878. The van der Waals surface area contributed by atoms with Crippen molar-refractivity contribution >= 4 is 17.9 Å². The number of hydrogen-bond acceptors (Lipinski definition) is 6. The van der Waals surface area contributed by atoms with Crippen molar-refractivity contribution in [3.8, 4) is 0 Å². The van der Waals surface area contributed by atoms with Crippen LogP contribution in [0.15, 0.2) is 36.5 Å². The molecule has 0 radical (unpaired) electrons. The molecule has 1 atom stereocenters. The summed E-state index contributed by atoms with van der Waals surface area (Å²) in [6.07, 6.45) is 86.1. The second kappa shape index (κ2) is 69.1. The van der Waals surface area contributed by atoms with Gasteiger partial charge in [-0.15, -0.1) is 0 Å².